The lowest BCUT2D eigenvalue weighted by Crippen LogP contribution is -2.30. The second kappa shape index (κ2) is 69.4. The van der Waals surface area contributed by atoms with E-state index in [0.717, 1.165) is 114 Å². The lowest BCUT2D eigenvalue weighted by molar-refractivity contribution is -0.161. The average Bonchev–Trinajstić information content (AvgIpc) is 1.02. The molecule has 3 unspecified atom stereocenters. The second-order valence-electron chi connectivity index (χ2n) is 29.6. The average molecular weight is 1440 g/mol. The first kappa shape index (κ1) is 96.1. The Bertz CT molecular complexity index is 1910. The number of unbranched alkanes of at least 4 members (excludes halogenated alkanes) is 44. The minimum absolute atomic E-state index is 0.107. The van der Waals surface area contributed by atoms with E-state index in [1.165, 1.54) is 212 Å². The van der Waals surface area contributed by atoms with Crippen molar-refractivity contribution in [2.24, 2.45) is 17.8 Å². The lowest BCUT2D eigenvalue weighted by Gasteiger charge is -2.21. The third-order valence-corrected chi connectivity index (χ3v) is 20.6. The van der Waals surface area contributed by atoms with Crippen LogP contribution >= 0.6 is 15.6 Å². The normalized spacial score (nSPS) is 14.3. The molecule has 0 aliphatic rings. The van der Waals surface area contributed by atoms with Crippen LogP contribution in [0, 0.1) is 17.8 Å². The standard InChI is InChI=1S/C79H154O17P2/c1-8-10-11-12-13-14-15-21-29-34-39-48-55-62-79(84)96-75(67-90-77(82)61-54-47-42-41-45-52-59-72(7)9-2)69-94-98(87,88)92-65-73(80)64-91-97(85,86)93-68-74(66-89-76(81)60-53-46-38-33-28-24-20-19-23-27-32-37-44-51-58-71(5)6)95-78(83)63-56-49-40-35-30-25-18-16-17-22-26-31-36-43-50-57-70(3)4/h70-75,80H,8-69H2,1-7H3,(H,85,86)(H,87,88)/t72?,73-,74-,75-/m1/s1. The van der Waals surface area contributed by atoms with Crippen LogP contribution in [0.1, 0.15) is 408 Å². The van der Waals surface area contributed by atoms with E-state index in [-0.39, 0.29) is 25.7 Å². The Morgan fingerprint density at radius 2 is 0.520 bits per heavy atom. The summed E-state index contributed by atoms with van der Waals surface area (Å²) < 4.78 is 68.6. The zero-order valence-corrected chi connectivity index (χ0v) is 66.0. The van der Waals surface area contributed by atoms with Crippen LogP contribution in [0.15, 0.2) is 0 Å². The highest BCUT2D eigenvalue weighted by Gasteiger charge is 2.30. The molecule has 0 heterocycles. The maximum atomic E-state index is 13.1. The molecule has 0 aliphatic carbocycles. The molecule has 0 fully saturated rings. The van der Waals surface area contributed by atoms with Crippen LogP contribution in [-0.2, 0) is 65.4 Å². The quantitative estimate of drug-likeness (QED) is 0.0222. The summed E-state index contributed by atoms with van der Waals surface area (Å²) in [6, 6.07) is 0. The summed E-state index contributed by atoms with van der Waals surface area (Å²) in [5, 5.41) is 10.6. The molecular formula is C79H154O17P2. The smallest absolute Gasteiger partial charge is 0.462 e. The monoisotopic (exact) mass is 1440 g/mol. The third kappa shape index (κ3) is 71.1. The molecule has 0 bridgehead atoms. The number of aliphatic hydroxyl groups excluding tert-OH is 1. The lowest BCUT2D eigenvalue weighted by atomic mass is 10.00. The third-order valence-electron chi connectivity index (χ3n) is 18.7. The van der Waals surface area contributed by atoms with Gasteiger partial charge in [-0.05, 0) is 43.4 Å². The number of carbonyl (C=O) groups is 4. The molecule has 0 aromatic rings. The van der Waals surface area contributed by atoms with Crippen molar-refractivity contribution in [1.82, 2.24) is 0 Å². The number of esters is 4. The molecule has 0 saturated heterocycles. The van der Waals surface area contributed by atoms with Gasteiger partial charge in [0.15, 0.2) is 12.2 Å². The Hall–Kier alpha value is -1.94. The van der Waals surface area contributed by atoms with Gasteiger partial charge in [0, 0.05) is 25.7 Å². The fourth-order valence-corrected chi connectivity index (χ4v) is 13.7. The molecule has 0 aliphatic heterocycles. The van der Waals surface area contributed by atoms with Gasteiger partial charge in [0.2, 0.25) is 0 Å². The maximum Gasteiger partial charge on any atom is 0.472 e. The Balaban J connectivity index is 5.25. The minimum atomic E-state index is -4.96. The number of hydrogen-bond donors (Lipinski definition) is 3. The first-order chi connectivity index (χ1) is 47.3. The van der Waals surface area contributed by atoms with E-state index in [9.17, 15) is 43.2 Å². The van der Waals surface area contributed by atoms with Crippen LogP contribution < -0.4 is 0 Å². The fraction of sp³-hybridized carbons (Fsp3) is 0.949. The van der Waals surface area contributed by atoms with Gasteiger partial charge in [-0.3, -0.25) is 37.3 Å². The summed E-state index contributed by atoms with van der Waals surface area (Å²) >= 11 is 0. The molecule has 3 N–H and O–H groups in total. The number of carbonyl (C=O) groups excluding carboxylic acids is 4. The van der Waals surface area contributed by atoms with Gasteiger partial charge in [-0.1, -0.05) is 357 Å². The van der Waals surface area contributed by atoms with E-state index < -0.39 is 97.5 Å². The molecule has 0 aromatic heterocycles. The molecule has 0 spiro atoms. The Labute approximate surface area is 600 Å². The molecule has 98 heavy (non-hydrogen) atoms. The molecule has 19 heteroatoms. The summed E-state index contributed by atoms with van der Waals surface area (Å²) in [4.78, 5) is 72.9. The first-order valence-corrected chi connectivity index (χ1v) is 43.9. The van der Waals surface area contributed by atoms with Gasteiger partial charge in [0.05, 0.1) is 26.4 Å². The van der Waals surface area contributed by atoms with E-state index in [1.54, 1.807) is 0 Å². The Kier molecular flexibility index (Phi) is 68.1. The molecule has 6 atom stereocenters. The summed E-state index contributed by atoms with van der Waals surface area (Å²) in [6.07, 6.45) is 56.8. The van der Waals surface area contributed by atoms with Gasteiger partial charge in [0.1, 0.15) is 19.3 Å². The molecular weight excluding hydrogens is 1280 g/mol. The SMILES string of the molecule is CCCCCCCCCCCCCCCC(=O)O[C@H](COC(=O)CCCCCCCCC(C)CC)COP(=O)(O)OC[C@H](O)COP(=O)(O)OC[C@@H](COC(=O)CCCCCCCCCCCCCCCCC(C)C)OC(=O)CCCCCCCCCCCCCCCCCC(C)C. The van der Waals surface area contributed by atoms with Crippen LogP contribution in [-0.4, -0.2) is 96.7 Å². The van der Waals surface area contributed by atoms with Crippen molar-refractivity contribution in [3.05, 3.63) is 0 Å². The van der Waals surface area contributed by atoms with Crippen LogP contribution in [0.4, 0.5) is 0 Å². The predicted molar refractivity (Wildman–Crippen MR) is 400 cm³/mol. The number of rotatable bonds is 77. The molecule has 582 valence electrons. The zero-order chi connectivity index (χ0) is 72.3. The molecule has 0 rings (SSSR count). The van der Waals surface area contributed by atoms with E-state index in [0.29, 0.717) is 25.7 Å². The maximum absolute atomic E-state index is 13.1. The minimum Gasteiger partial charge on any atom is -0.462 e. The second-order valence-corrected chi connectivity index (χ2v) is 32.6. The summed E-state index contributed by atoms with van der Waals surface area (Å²) in [5.74, 6) is 0.220. The van der Waals surface area contributed by atoms with Crippen LogP contribution in [0.5, 0.6) is 0 Å². The zero-order valence-electron chi connectivity index (χ0n) is 64.3. The summed E-state index contributed by atoms with van der Waals surface area (Å²) in [5.41, 5.74) is 0. The molecule has 0 saturated carbocycles. The van der Waals surface area contributed by atoms with Crippen molar-refractivity contribution in [3.8, 4) is 0 Å². The van der Waals surface area contributed by atoms with E-state index in [4.69, 9.17) is 37.0 Å². The molecule has 17 nitrogen and oxygen atoms in total. The van der Waals surface area contributed by atoms with Crippen molar-refractivity contribution in [2.75, 3.05) is 39.6 Å². The first-order valence-electron chi connectivity index (χ1n) is 40.9. The highest BCUT2D eigenvalue weighted by atomic mass is 31.2. The van der Waals surface area contributed by atoms with E-state index in [1.807, 2.05) is 0 Å². The van der Waals surface area contributed by atoms with Gasteiger partial charge in [-0.2, -0.15) is 0 Å². The largest absolute Gasteiger partial charge is 0.472 e. The van der Waals surface area contributed by atoms with Gasteiger partial charge < -0.3 is 33.8 Å². The molecule has 0 amide bonds. The number of aliphatic hydroxyl groups is 1. The van der Waals surface area contributed by atoms with Crippen molar-refractivity contribution in [1.29, 1.82) is 0 Å². The van der Waals surface area contributed by atoms with Gasteiger partial charge in [-0.15, -0.1) is 0 Å². The number of ether oxygens (including phenoxy) is 4. The highest BCUT2D eigenvalue weighted by molar-refractivity contribution is 7.47. The highest BCUT2D eigenvalue weighted by Crippen LogP contribution is 2.45. The Morgan fingerprint density at radius 3 is 0.776 bits per heavy atom. The number of phosphoric acid groups is 2. The van der Waals surface area contributed by atoms with Gasteiger partial charge >= 0.3 is 39.5 Å². The van der Waals surface area contributed by atoms with Crippen LogP contribution in [0.2, 0.25) is 0 Å². The van der Waals surface area contributed by atoms with Crippen molar-refractivity contribution in [3.63, 3.8) is 0 Å². The van der Waals surface area contributed by atoms with Crippen LogP contribution in [0.3, 0.4) is 0 Å². The van der Waals surface area contributed by atoms with Gasteiger partial charge in [0.25, 0.3) is 0 Å². The van der Waals surface area contributed by atoms with Crippen molar-refractivity contribution in [2.45, 2.75) is 426 Å². The molecule has 0 radical (unpaired) electrons. The number of phosphoric ester groups is 2. The predicted octanol–water partition coefficient (Wildman–Crippen LogP) is 23.4. The summed E-state index contributed by atoms with van der Waals surface area (Å²) in [7, 11) is -9.92. The van der Waals surface area contributed by atoms with E-state index >= 15 is 0 Å². The summed E-state index contributed by atoms with van der Waals surface area (Å²) in [6.45, 7) is 11.9. The Morgan fingerprint density at radius 1 is 0.296 bits per heavy atom. The fourth-order valence-electron chi connectivity index (χ4n) is 12.1. The van der Waals surface area contributed by atoms with Crippen LogP contribution in [0.25, 0.3) is 0 Å². The number of hydrogen-bond acceptors (Lipinski definition) is 15. The van der Waals surface area contributed by atoms with Crippen molar-refractivity contribution < 1.29 is 80.2 Å². The topological polar surface area (TPSA) is 237 Å². The van der Waals surface area contributed by atoms with E-state index in [2.05, 4.69) is 48.5 Å². The van der Waals surface area contributed by atoms with Gasteiger partial charge in [-0.25, -0.2) is 9.13 Å². The molecule has 0 aromatic carbocycles. The van der Waals surface area contributed by atoms with Crippen molar-refractivity contribution >= 4 is 39.5 Å².